The first kappa shape index (κ1) is 13.8. The highest BCUT2D eigenvalue weighted by Gasteiger charge is 2.07. The van der Waals surface area contributed by atoms with Crippen LogP contribution in [0.3, 0.4) is 0 Å². The zero-order valence-corrected chi connectivity index (χ0v) is 11.1. The standard InChI is InChI=1S/C12H17Cl2NO/c1-8(2)16-7-10(15)5-9-3-4-11(13)12(14)6-9/h3-4,6,8,10H,5,7,15H2,1-2H3. The fourth-order valence-electron chi connectivity index (χ4n) is 1.34. The van der Waals surface area contributed by atoms with E-state index in [-0.39, 0.29) is 12.1 Å². The van der Waals surface area contributed by atoms with E-state index in [1.54, 1.807) is 6.07 Å². The average molecular weight is 262 g/mol. The van der Waals surface area contributed by atoms with Crippen LogP contribution in [-0.4, -0.2) is 18.8 Å². The molecule has 90 valence electrons. The van der Waals surface area contributed by atoms with Crippen LogP contribution in [0.2, 0.25) is 10.0 Å². The Bertz CT molecular complexity index is 342. The van der Waals surface area contributed by atoms with Gasteiger partial charge in [0.15, 0.2) is 0 Å². The van der Waals surface area contributed by atoms with E-state index < -0.39 is 0 Å². The third-order valence-corrected chi connectivity index (χ3v) is 2.86. The predicted octanol–water partition coefficient (Wildman–Crippen LogP) is 3.29. The summed E-state index contributed by atoms with van der Waals surface area (Å²) in [7, 11) is 0. The van der Waals surface area contributed by atoms with Crippen molar-refractivity contribution in [1.29, 1.82) is 0 Å². The van der Waals surface area contributed by atoms with Crippen LogP contribution < -0.4 is 5.73 Å². The summed E-state index contributed by atoms with van der Waals surface area (Å²) in [6, 6.07) is 5.55. The minimum atomic E-state index is -0.0142. The average Bonchev–Trinajstić information content (AvgIpc) is 2.21. The van der Waals surface area contributed by atoms with E-state index in [2.05, 4.69) is 0 Å². The van der Waals surface area contributed by atoms with Gasteiger partial charge in [0.05, 0.1) is 22.8 Å². The van der Waals surface area contributed by atoms with Crippen LogP contribution >= 0.6 is 23.2 Å². The third kappa shape index (κ3) is 4.71. The Morgan fingerprint density at radius 2 is 1.94 bits per heavy atom. The summed E-state index contributed by atoms with van der Waals surface area (Å²) in [5, 5.41) is 1.13. The Morgan fingerprint density at radius 3 is 2.50 bits per heavy atom. The Hall–Kier alpha value is -0.280. The molecule has 0 radical (unpaired) electrons. The summed E-state index contributed by atoms with van der Waals surface area (Å²) in [5.74, 6) is 0. The molecule has 0 fully saturated rings. The number of rotatable bonds is 5. The van der Waals surface area contributed by atoms with E-state index in [4.69, 9.17) is 33.7 Å². The van der Waals surface area contributed by atoms with Crippen LogP contribution in [0.4, 0.5) is 0 Å². The minimum absolute atomic E-state index is 0.0142. The highest BCUT2D eigenvalue weighted by atomic mass is 35.5. The topological polar surface area (TPSA) is 35.2 Å². The van der Waals surface area contributed by atoms with Gasteiger partial charge in [-0.2, -0.15) is 0 Å². The second kappa shape index (κ2) is 6.45. The normalized spacial score (nSPS) is 13.1. The molecule has 4 heteroatoms. The van der Waals surface area contributed by atoms with Gasteiger partial charge in [-0.1, -0.05) is 29.3 Å². The third-order valence-electron chi connectivity index (χ3n) is 2.13. The van der Waals surface area contributed by atoms with Gasteiger partial charge in [0, 0.05) is 6.04 Å². The largest absolute Gasteiger partial charge is 0.377 e. The van der Waals surface area contributed by atoms with E-state index in [0.717, 1.165) is 12.0 Å². The van der Waals surface area contributed by atoms with Crippen LogP contribution in [0.15, 0.2) is 18.2 Å². The molecule has 1 unspecified atom stereocenters. The summed E-state index contributed by atoms with van der Waals surface area (Å²) in [6.45, 7) is 4.54. The maximum atomic E-state index is 5.94. The molecule has 0 aliphatic heterocycles. The molecule has 1 aromatic carbocycles. The Labute approximate surface area is 107 Å². The minimum Gasteiger partial charge on any atom is -0.377 e. The molecule has 1 atom stereocenters. The Morgan fingerprint density at radius 1 is 1.25 bits per heavy atom. The SMILES string of the molecule is CC(C)OCC(N)Cc1ccc(Cl)c(Cl)c1. The highest BCUT2D eigenvalue weighted by molar-refractivity contribution is 6.42. The van der Waals surface area contributed by atoms with Crippen LogP contribution in [0.1, 0.15) is 19.4 Å². The zero-order valence-electron chi connectivity index (χ0n) is 9.54. The van der Waals surface area contributed by atoms with E-state index in [1.165, 1.54) is 0 Å². The lowest BCUT2D eigenvalue weighted by Crippen LogP contribution is -2.30. The number of benzene rings is 1. The van der Waals surface area contributed by atoms with Crippen LogP contribution in [-0.2, 0) is 11.2 Å². The van der Waals surface area contributed by atoms with Gasteiger partial charge >= 0.3 is 0 Å². The molecule has 0 amide bonds. The maximum absolute atomic E-state index is 5.94. The monoisotopic (exact) mass is 261 g/mol. The fourth-order valence-corrected chi connectivity index (χ4v) is 1.67. The molecule has 2 nitrogen and oxygen atoms in total. The van der Waals surface area contributed by atoms with Crippen LogP contribution in [0.25, 0.3) is 0 Å². The molecule has 0 saturated carbocycles. The fraction of sp³-hybridized carbons (Fsp3) is 0.500. The van der Waals surface area contributed by atoms with Gasteiger partial charge in [-0.3, -0.25) is 0 Å². The van der Waals surface area contributed by atoms with E-state index in [0.29, 0.717) is 16.7 Å². The Balaban J connectivity index is 2.49. The van der Waals surface area contributed by atoms with Gasteiger partial charge in [0.2, 0.25) is 0 Å². The molecule has 0 aliphatic rings. The number of hydrogen-bond acceptors (Lipinski definition) is 2. The second-order valence-corrected chi connectivity index (χ2v) is 4.91. The van der Waals surface area contributed by atoms with E-state index in [9.17, 15) is 0 Å². The molecule has 0 aromatic heterocycles. The molecule has 0 aliphatic carbocycles. The molecule has 0 bridgehead atoms. The lowest BCUT2D eigenvalue weighted by Gasteiger charge is -2.14. The van der Waals surface area contributed by atoms with Crippen molar-refractivity contribution in [2.45, 2.75) is 32.4 Å². The van der Waals surface area contributed by atoms with Crippen molar-refractivity contribution >= 4 is 23.2 Å². The van der Waals surface area contributed by atoms with Gasteiger partial charge < -0.3 is 10.5 Å². The molecule has 0 spiro atoms. The van der Waals surface area contributed by atoms with Crippen molar-refractivity contribution in [1.82, 2.24) is 0 Å². The van der Waals surface area contributed by atoms with Crippen molar-refractivity contribution < 1.29 is 4.74 Å². The summed E-state index contributed by atoms with van der Waals surface area (Å²) in [5.41, 5.74) is 7.02. The van der Waals surface area contributed by atoms with Gasteiger partial charge in [0.1, 0.15) is 0 Å². The van der Waals surface area contributed by atoms with Crippen molar-refractivity contribution in [2.75, 3.05) is 6.61 Å². The van der Waals surface area contributed by atoms with Gasteiger partial charge in [0.25, 0.3) is 0 Å². The highest BCUT2D eigenvalue weighted by Crippen LogP contribution is 2.23. The lowest BCUT2D eigenvalue weighted by molar-refractivity contribution is 0.0684. The van der Waals surface area contributed by atoms with Gasteiger partial charge in [-0.25, -0.2) is 0 Å². The first-order chi connectivity index (χ1) is 7.49. The first-order valence-corrected chi connectivity index (χ1v) is 6.05. The molecular weight excluding hydrogens is 245 g/mol. The Kier molecular flexibility index (Phi) is 5.56. The van der Waals surface area contributed by atoms with E-state index >= 15 is 0 Å². The summed E-state index contributed by atoms with van der Waals surface area (Å²) >= 11 is 11.8. The zero-order chi connectivity index (χ0) is 12.1. The predicted molar refractivity (Wildman–Crippen MR) is 69.2 cm³/mol. The molecule has 0 heterocycles. The molecule has 2 N–H and O–H groups in total. The van der Waals surface area contributed by atoms with Gasteiger partial charge in [-0.05, 0) is 38.0 Å². The van der Waals surface area contributed by atoms with E-state index in [1.807, 2.05) is 26.0 Å². The maximum Gasteiger partial charge on any atom is 0.0624 e. The first-order valence-electron chi connectivity index (χ1n) is 5.30. The number of nitrogens with two attached hydrogens (primary N) is 1. The number of hydrogen-bond donors (Lipinski definition) is 1. The molecular formula is C12H17Cl2NO. The van der Waals surface area contributed by atoms with Crippen molar-refractivity contribution in [2.24, 2.45) is 5.73 Å². The van der Waals surface area contributed by atoms with Gasteiger partial charge in [-0.15, -0.1) is 0 Å². The molecule has 16 heavy (non-hydrogen) atoms. The number of halogens is 2. The molecule has 0 saturated heterocycles. The van der Waals surface area contributed by atoms with Crippen molar-refractivity contribution in [3.63, 3.8) is 0 Å². The molecule has 1 aromatic rings. The summed E-state index contributed by atoms with van der Waals surface area (Å²) in [4.78, 5) is 0. The van der Waals surface area contributed by atoms with Crippen molar-refractivity contribution in [3.05, 3.63) is 33.8 Å². The number of ether oxygens (including phenoxy) is 1. The smallest absolute Gasteiger partial charge is 0.0624 e. The quantitative estimate of drug-likeness (QED) is 0.883. The summed E-state index contributed by atoms with van der Waals surface area (Å²) in [6.07, 6.45) is 0.948. The van der Waals surface area contributed by atoms with Crippen molar-refractivity contribution in [3.8, 4) is 0 Å². The summed E-state index contributed by atoms with van der Waals surface area (Å²) < 4.78 is 5.45. The lowest BCUT2D eigenvalue weighted by atomic mass is 10.1. The van der Waals surface area contributed by atoms with Crippen LogP contribution in [0, 0.1) is 0 Å². The molecule has 1 rings (SSSR count). The second-order valence-electron chi connectivity index (χ2n) is 4.09. The van der Waals surface area contributed by atoms with Crippen LogP contribution in [0.5, 0.6) is 0 Å².